The van der Waals surface area contributed by atoms with Gasteiger partial charge in [-0.1, -0.05) is 13.8 Å². The van der Waals surface area contributed by atoms with Crippen molar-refractivity contribution in [3.8, 4) is 0 Å². The molecule has 0 aliphatic carbocycles. The lowest BCUT2D eigenvalue weighted by atomic mass is 10.2. The normalized spacial score (nSPS) is 12.3. The maximum Gasteiger partial charge on any atom is 0.242 e. The van der Waals surface area contributed by atoms with E-state index in [9.17, 15) is 8.42 Å². The minimum Gasteiger partial charge on any atom is -0.390 e. The minimum atomic E-state index is -3.48. The lowest BCUT2D eigenvalue weighted by Crippen LogP contribution is -2.33. The molecule has 0 saturated heterocycles. The van der Waals surface area contributed by atoms with E-state index in [2.05, 4.69) is 4.72 Å². The maximum atomic E-state index is 12.0. The molecule has 1 aromatic heterocycles. The van der Waals surface area contributed by atoms with Crippen LogP contribution < -0.4 is 4.72 Å². The zero-order chi connectivity index (χ0) is 13.1. The minimum absolute atomic E-state index is 0.0437. The first-order valence-corrected chi connectivity index (χ1v) is 7.21. The Morgan fingerprint density at radius 1 is 1.41 bits per heavy atom. The first kappa shape index (κ1) is 14.2. The van der Waals surface area contributed by atoms with Crippen LogP contribution in [0.3, 0.4) is 0 Å². The molecule has 0 unspecified atom stereocenters. The quantitative estimate of drug-likeness (QED) is 0.801. The fraction of sp³-hybridized carbons (Fsp3) is 0.636. The Morgan fingerprint density at radius 3 is 2.41 bits per heavy atom. The van der Waals surface area contributed by atoms with Crippen LogP contribution in [0.25, 0.3) is 0 Å². The van der Waals surface area contributed by atoms with E-state index in [-0.39, 0.29) is 17.5 Å². The summed E-state index contributed by atoms with van der Waals surface area (Å²) in [4.78, 5) is 0.205. The molecule has 0 atom stereocenters. The SMILES string of the molecule is CCC(CC)NS(=O)(=O)c1cc(CO)n(C)c1. The highest BCUT2D eigenvalue weighted by molar-refractivity contribution is 7.89. The number of hydrogen-bond acceptors (Lipinski definition) is 3. The molecule has 1 rings (SSSR count). The predicted octanol–water partition coefficient (Wildman–Crippen LogP) is 0.984. The summed E-state index contributed by atoms with van der Waals surface area (Å²) in [6.07, 6.45) is 3.03. The van der Waals surface area contributed by atoms with E-state index in [0.29, 0.717) is 5.69 Å². The number of aliphatic hydroxyl groups is 1. The Hall–Kier alpha value is -0.850. The third-order valence-corrected chi connectivity index (χ3v) is 4.35. The standard InChI is InChI=1S/C11H20N2O3S/c1-4-9(5-2)12-17(15,16)11-6-10(8-14)13(3)7-11/h6-7,9,12,14H,4-5,8H2,1-3H3. The molecule has 1 aromatic rings. The second kappa shape index (κ2) is 5.66. The topological polar surface area (TPSA) is 71.3 Å². The first-order chi connectivity index (χ1) is 7.94. The van der Waals surface area contributed by atoms with Crippen LogP contribution >= 0.6 is 0 Å². The van der Waals surface area contributed by atoms with Gasteiger partial charge in [0.2, 0.25) is 10.0 Å². The third kappa shape index (κ3) is 3.31. The molecule has 0 aromatic carbocycles. The zero-order valence-corrected chi connectivity index (χ0v) is 11.3. The molecule has 5 nitrogen and oxygen atoms in total. The summed E-state index contributed by atoms with van der Waals surface area (Å²) in [5.41, 5.74) is 0.579. The van der Waals surface area contributed by atoms with E-state index in [1.807, 2.05) is 13.8 Å². The molecule has 1 heterocycles. The number of aromatic nitrogens is 1. The molecule has 98 valence electrons. The van der Waals surface area contributed by atoms with Gasteiger partial charge in [0.25, 0.3) is 0 Å². The molecule has 0 aliphatic rings. The van der Waals surface area contributed by atoms with Crippen LogP contribution in [-0.2, 0) is 23.7 Å². The fourth-order valence-electron chi connectivity index (χ4n) is 1.62. The van der Waals surface area contributed by atoms with Crippen molar-refractivity contribution in [3.05, 3.63) is 18.0 Å². The van der Waals surface area contributed by atoms with E-state index in [4.69, 9.17) is 5.11 Å². The number of nitrogens with one attached hydrogen (secondary N) is 1. The maximum absolute atomic E-state index is 12.0. The monoisotopic (exact) mass is 260 g/mol. The molecular formula is C11H20N2O3S. The van der Waals surface area contributed by atoms with Crippen molar-refractivity contribution in [2.75, 3.05) is 0 Å². The first-order valence-electron chi connectivity index (χ1n) is 5.73. The molecule has 0 spiro atoms. The molecular weight excluding hydrogens is 240 g/mol. The molecule has 0 bridgehead atoms. The highest BCUT2D eigenvalue weighted by Crippen LogP contribution is 2.14. The van der Waals surface area contributed by atoms with Crippen LogP contribution in [0.15, 0.2) is 17.2 Å². The Labute approximate surface area is 103 Å². The van der Waals surface area contributed by atoms with Gasteiger partial charge in [0.1, 0.15) is 0 Å². The smallest absolute Gasteiger partial charge is 0.242 e. The van der Waals surface area contributed by atoms with E-state index >= 15 is 0 Å². The molecule has 2 N–H and O–H groups in total. The average Bonchev–Trinajstić information content (AvgIpc) is 2.68. The van der Waals surface area contributed by atoms with Gasteiger partial charge in [-0.15, -0.1) is 0 Å². The van der Waals surface area contributed by atoms with Crippen LogP contribution in [0.5, 0.6) is 0 Å². The number of sulfonamides is 1. The van der Waals surface area contributed by atoms with Gasteiger partial charge in [-0.25, -0.2) is 13.1 Å². The van der Waals surface area contributed by atoms with Crippen molar-refractivity contribution in [2.45, 2.75) is 44.2 Å². The summed E-state index contributed by atoms with van der Waals surface area (Å²) in [6.45, 7) is 3.72. The average molecular weight is 260 g/mol. The largest absolute Gasteiger partial charge is 0.390 e. The summed E-state index contributed by atoms with van der Waals surface area (Å²) >= 11 is 0. The van der Waals surface area contributed by atoms with Crippen molar-refractivity contribution >= 4 is 10.0 Å². The fourth-order valence-corrected chi connectivity index (χ4v) is 3.12. The summed E-state index contributed by atoms with van der Waals surface area (Å²) in [5, 5.41) is 9.04. The Kier molecular flexibility index (Phi) is 4.73. The third-order valence-electron chi connectivity index (χ3n) is 2.86. The summed E-state index contributed by atoms with van der Waals surface area (Å²) in [5.74, 6) is 0. The van der Waals surface area contributed by atoms with Gasteiger partial charge < -0.3 is 9.67 Å². The van der Waals surface area contributed by atoms with Gasteiger partial charge >= 0.3 is 0 Å². The van der Waals surface area contributed by atoms with Crippen molar-refractivity contribution in [2.24, 2.45) is 7.05 Å². The van der Waals surface area contributed by atoms with Crippen molar-refractivity contribution in [1.29, 1.82) is 0 Å². The zero-order valence-electron chi connectivity index (χ0n) is 10.5. The molecule has 0 radical (unpaired) electrons. The van der Waals surface area contributed by atoms with Gasteiger partial charge in [-0.05, 0) is 18.9 Å². The van der Waals surface area contributed by atoms with E-state index in [0.717, 1.165) is 12.8 Å². The van der Waals surface area contributed by atoms with Gasteiger partial charge in [-0.2, -0.15) is 0 Å². The number of aryl methyl sites for hydroxylation is 1. The summed E-state index contributed by atoms with van der Waals surface area (Å²) in [7, 11) is -1.77. The van der Waals surface area contributed by atoms with Crippen molar-refractivity contribution in [1.82, 2.24) is 9.29 Å². The lowest BCUT2D eigenvalue weighted by molar-refractivity contribution is 0.272. The second-order valence-corrected chi connectivity index (χ2v) is 5.78. The number of hydrogen-bond donors (Lipinski definition) is 2. The Morgan fingerprint density at radius 2 is 2.00 bits per heavy atom. The summed E-state index contributed by atoms with van der Waals surface area (Å²) in [6, 6.07) is 1.45. The summed E-state index contributed by atoms with van der Waals surface area (Å²) < 4.78 is 28.3. The number of nitrogens with zero attached hydrogens (tertiary/aromatic N) is 1. The van der Waals surface area contributed by atoms with E-state index < -0.39 is 10.0 Å². The Balaban J connectivity index is 2.96. The van der Waals surface area contributed by atoms with Crippen molar-refractivity contribution < 1.29 is 13.5 Å². The molecule has 0 fully saturated rings. The lowest BCUT2D eigenvalue weighted by Gasteiger charge is -2.13. The van der Waals surface area contributed by atoms with Crippen LogP contribution in [0.1, 0.15) is 32.4 Å². The predicted molar refractivity (Wildman–Crippen MR) is 66.0 cm³/mol. The van der Waals surface area contributed by atoms with Crippen LogP contribution in [-0.4, -0.2) is 24.1 Å². The highest BCUT2D eigenvalue weighted by Gasteiger charge is 2.20. The van der Waals surface area contributed by atoms with Crippen LogP contribution in [0, 0.1) is 0 Å². The van der Waals surface area contributed by atoms with Gasteiger partial charge in [0.05, 0.1) is 11.5 Å². The van der Waals surface area contributed by atoms with Crippen molar-refractivity contribution in [3.63, 3.8) is 0 Å². The molecule has 0 amide bonds. The molecule has 17 heavy (non-hydrogen) atoms. The van der Waals surface area contributed by atoms with Crippen LogP contribution in [0.4, 0.5) is 0 Å². The van der Waals surface area contributed by atoms with E-state index in [1.165, 1.54) is 12.3 Å². The number of rotatable bonds is 6. The van der Waals surface area contributed by atoms with Crippen LogP contribution in [0.2, 0.25) is 0 Å². The highest BCUT2D eigenvalue weighted by atomic mass is 32.2. The molecule has 0 saturated carbocycles. The second-order valence-electron chi connectivity index (χ2n) is 4.07. The van der Waals surface area contributed by atoms with Gasteiger partial charge in [0.15, 0.2) is 0 Å². The number of aliphatic hydroxyl groups excluding tert-OH is 1. The van der Waals surface area contributed by atoms with Gasteiger partial charge in [0, 0.05) is 25.0 Å². The molecule has 6 heteroatoms. The molecule has 0 aliphatic heterocycles. The van der Waals surface area contributed by atoms with E-state index in [1.54, 1.807) is 11.6 Å². The Bertz CT molecular complexity index is 461. The van der Waals surface area contributed by atoms with Gasteiger partial charge in [-0.3, -0.25) is 0 Å².